The van der Waals surface area contributed by atoms with Crippen molar-refractivity contribution < 1.29 is 14.3 Å². The highest BCUT2D eigenvalue weighted by Crippen LogP contribution is 2.27. The van der Waals surface area contributed by atoms with Crippen LogP contribution < -0.4 is 15.4 Å². The zero-order chi connectivity index (χ0) is 22.4. The molecule has 0 saturated heterocycles. The zero-order valence-corrected chi connectivity index (χ0v) is 19.3. The van der Waals surface area contributed by atoms with Gasteiger partial charge in [0.1, 0.15) is 5.75 Å². The highest BCUT2D eigenvalue weighted by Gasteiger charge is 2.18. The SMILES string of the molecule is COc1ccc(C(CC(=O)Nc2ncc(Cc3ccc(Cl)cc3Cl)s2)NC(C)=O)cc1. The number of carbonyl (C=O) groups is 2. The van der Waals surface area contributed by atoms with Crippen molar-refractivity contribution in [2.24, 2.45) is 0 Å². The number of hydrogen-bond acceptors (Lipinski definition) is 5. The maximum Gasteiger partial charge on any atom is 0.228 e. The molecule has 0 aliphatic carbocycles. The van der Waals surface area contributed by atoms with Gasteiger partial charge in [0, 0.05) is 34.5 Å². The van der Waals surface area contributed by atoms with Gasteiger partial charge in [0.2, 0.25) is 11.8 Å². The Labute approximate surface area is 194 Å². The standard InChI is InChI=1S/C22H21Cl2N3O3S/c1-13(28)26-20(14-4-7-17(30-2)8-5-14)11-21(29)27-22-25-12-18(31-22)9-15-3-6-16(23)10-19(15)24/h3-8,10,12,20H,9,11H2,1-2H3,(H,26,28)(H,25,27,29). The highest BCUT2D eigenvalue weighted by molar-refractivity contribution is 7.15. The summed E-state index contributed by atoms with van der Waals surface area (Å²) in [6, 6.07) is 12.1. The first kappa shape index (κ1) is 23.1. The second-order valence-corrected chi connectivity index (χ2v) is 8.78. The molecule has 3 aromatic rings. The fraction of sp³-hybridized carbons (Fsp3) is 0.227. The Hall–Kier alpha value is -2.61. The van der Waals surface area contributed by atoms with E-state index < -0.39 is 6.04 Å². The number of rotatable bonds is 8. The van der Waals surface area contributed by atoms with Crippen LogP contribution in [0.25, 0.3) is 0 Å². The van der Waals surface area contributed by atoms with Crippen molar-refractivity contribution in [3.05, 3.63) is 74.7 Å². The lowest BCUT2D eigenvalue weighted by Crippen LogP contribution is -2.29. The number of anilines is 1. The van der Waals surface area contributed by atoms with Crippen molar-refractivity contribution in [3.8, 4) is 5.75 Å². The van der Waals surface area contributed by atoms with Crippen molar-refractivity contribution in [1.29, 1.82) is 0 Å². The number of aromatic nitrogens is 1. The maximum atomic E-state index is 12.6. The molecule has 1 aromatic heterocycles. The van der Waals surface area contributed by atoms with Gasteiger partial charge in [-0.05, 0) is 35.4 Å². The molecule has 2 N–H and O–H groups in total. The number of methoxy groups -OCH3 is 1. The molecule has 1 unspecified atom stereocenters. The normalized spacial score (nSPS) is 11.6. The fourth-order valence-electron chi connectivity index (χ4n) is 2.99. The zero-order valence-electron chi connectivity index (χ0n) is 16.9. The molecule has 31 heavy (non-hydrogen) atoms. The lowest BCUT2D eigenvalue weighted by Gasteiger charge is -2.18. The molecule has 6 nitrogen and oxygen atoms in total. The van der Waals surface area contributed by atoms with Crippen LogP contribution in [0, 0.1) is 0 Å². The van der Waals surface area contributed by atoms with Gasteiger partial charge in [0.15, 0.2) is 5.13 Å². The molecule has 1 atom stereocenters. The Morgan fingerprint density at radius 3 is 2.55 bits per heavy atom. The Kier molecular flexibility index (Phi) is 7.90. The summed E-state index contributed by atoms with van der Waals surface area (Å²) in [5.74, 6) is 0.232. The monoisotopic (exact) mass is 477 g/mol. The van der Waals surface area contributed by atoms with Gasteiger partial charge in [-0.1, -0.05) is 41.4 Å². The summed E-state index contributed by atoms with van der Waals surface area (Å²) in [7, 11) is 1.58. The number of thiazole rings is 1. The van der Waals surface area contributed by atoms with Crippen LogP contribution in [0.2, 0.25) is 10.0 Å². The number of halogens is 2. The topological polar surface area (TPSA) is 80.3 Å². The fourth-order valence-corrected chi connectivity index (χ4v) is 4.32. The van der Waals surface area contributed by atoms with Crippen LogP contribution in [-0.4, -0.2) is 23.9 Å². The minimum atomic E-state index is -0.462. The molecule has 0 spiro atoms. The van der Waals surface area contributed by atoms with Crippen molar-refractivity contribution in [3.63, 3.8) is 0 Å². The molecular formula is C22H21Cl2N3O3S. The summed E-state index contributed by atoms with van der Waals surface area (Å²) in [4.78, 5) is 29.5. The van der Waals surface area contributed by atoms with Gasteiger partial charge in [-0.3, -0.25) is 9.59 Å². The van der Waals surface area contributed by atoms with Crippen molar-refractivity contribution >= 4 is 51.5 Å². The van der Waals surface area contributed by atoms with Crippen LogP contribution in [0.1, 0.15) is 35.4 Å². The quantitative estimate of drug-likeness (QED) is 0.463. The Bertz CT molecular complexity index is 1070. The first-order valence-corrected chi connectivity index (χ1v) is 11.0. The van der Waals surface area contributed by atoms with E-state index in [1.165, 1.54) is 18.3 Å². The lowest BCUT2D eigenvalue weighted by molar-refractivity contribution is -0.120. The molecule has 0 radical (unpaired) electrons. The lowest BCUT2D eigenvalue weighted by atomic mass is 10.0. The summed E-state index contributed by atoms with van der Waals surface area (Å²) in [5.41, 5.74) is 1.74. The third-order valence-corrected chi connectivity index (χ3v) is 5.96. The third kappa shape index (κ3) is 6.69. The summed E-state index contributed by atoms with van der Waals surface area (Å²) in [6.45, 7) is 1.42. The highest BCUT2D eigenvalue weighted by atomic mass is 35.5. The number of carbonyl (C=O) groups excluding carboxylic acids is 2. The molecular weight excluding hydrogens is 457 g/mol. The van der Waals surface area contributed by atoms with Crippen molar-refractivity contribution in [2.45, 2.75) is 25.8 Å². The van der Waals surface area contributed by atoms with Crippen LogP contribution in [0.4, 0.5) is 5.13 Å². The van der Waals surface area contributed by atoms with Gasteiger partial charge in [0.25, 0.3) is 0 Å². The van der Waals surface area contributed by atoms with E-state index in [-0.39, 0.29) is 18.2 Å². The maximum absolute atomic E-state index is 12.6. The van der Waals surface area contributed by atoms with Gasteiger partial charge in [-0.25, -0.2) is 4.98 Å². The van der Waals surface area contributed by atoms with Crippen LogP contribution in [0.5, 0.6) is 5.75 Å². The molecule has 9 heteroatoms. The van der Waals surface area contributed by atoms with Crippen LogP contribution in [-0.2, 0) is 16.0 Å². The summed E-state index contributed by atoms with van der Waals surface area (Å²) >= 11 is 13.5. The van der Waals surface area contributed by atoms with Gasteiger partial charge in [-0.2, -0.15) is 0 Å². The first-order chi connectivity index (χ1) is 14.8. The van der Waals surface area contributed by atoms with E-state index in [1.54, 1.807) is 37.6 Å². The number of nitrogens with one attached hydrogen (secondary N) is 2. The van der Waals surface area contributed by atoms with E-state index >= 15 is 0 Å². The average molecular weight is 478 g/mol. The van der Waals surface area contributed by atoms with Gasteiger partial charge >= 0.3 is 0 Å². The predicted octanol–water partition coefficient (Wildman–Crippen LogP) is 5.26. The van der Waals surface area contributed by atoms with E-state index in [0.29, 0.717) is 27.3 Å². The number of nitrogens with zero attached hydrogens (tertiary/aromatic N) is 1. The minimum Gasteiger partial charge on any atom is -0.497 e. The molecule has 0 bridgehead atoms. The minimum absolute atomic E-state index is 0.0732. The largest absolute Gasteiger partial charge is 0.497 e. The van der Waals surface area contributed by atoms with E-state index in [0.717, 1.165) is 16.0 Å². The third-order valence-electron chi connectivity index (χ3n) is 4.46. The van der Waals surface area contributed by atoms with Crippen LogP contribution in [0.3, 0.4) is 0 Å². The predicted molar refractivity (Wildman–Crippen MR) is 124 cm³/mol. The van der Waals surface area contributed by atoms with E-state index in [9.17, 15) is 9.59 Å². The van der Waals surface area contributed by atoms with Crippen LogP contribution in [0.15, 0.2) is 48.7 Å². The molecule has 2 amide bonds. The Morgan fingerprint density at radius 2 is 1.90 bits per heavy atom. The molecule has 0 fully saturated rings. The Morgan fingerprint density at radius 1 is 1.16 bits per heavy atom. The average Bonchev–Trinajstić information content (AvgIpc) is 3.16. The van der Waals surface area contributed by atoms with Gasteiger partial charge < -0.3 is 15.4 Å². The molecule has 0 aliphatic rings. The summed E-state index contributed by atoms with van der Waals surface area (Å²) in [6.07, 6.45) is 2.37. The van der Waals surface area contributed by atoms with Gasteiger partial charge in [0.05, 0.1) is 19.6 Å². The van der Waals surface area contributed by atoms with E-state index in [4.69, 9.17) is 27.9 Å². The van der Waals surface area contributed by atoms with Crippen LogP contribution >= 0.6 is 34.5 Å². The van der Waals surface area contributed by atoms with E-state index in [1.807, 2.05) is 18.2 Å². The molecule has 3 rings (SSSR count). The first-order valence-electron chi connectivity index (χ1n) is 9.43. The number of benzene rings is 2. The molecule has 1 heterocycles. The molecule has 0 saturated carbocycles. The molecule has 0 aliphatic heterocycles. The molecule has 162 valence electrons. The smallest absolute Gasteiger partial charge is 0.228 e. The second-order valence-electron chi connectivity index (χ2n) is 6.82. The number of ether oxygens (including phenoxy) is 1. The van der Waals surface area contributed by atoms with Crippen molar-refractivity contribution in [2.75, 3.05) is 12.4 Å². The summed E-state index contributed by atoms with van der Waals surface area (Å²) in [5, 5.41) is 7.28. The van der Waals surface area contributed by atoms with Gasteiger partial charge in [-0.15, -0.1) is 11.3 Å². The summed E-state index contributed by atoms with van der Waals surface area (Å²) < 4.78 is 5.16. The second kappa shape index (κ2) is 10.6. The molecule has 2 aromatic carbocycles. The van der Waals surface area contributed by atoms with E-state index in [2.05, 4.69) is 15.6 Å². The Balaban J connectivity index is 1.64. The number of amides is 2. The van der Waals surface area contributed by atoms with Crippen molar-refractivity contribution in [1.82, 2.24) is 10.3 Å². The number of hydrogen-bond donors (Lipinski definition) is 2.